The van der Waals surface area contributed by atoms with Crippen LogP contribution in [-0.4, -0.2) is 22.5 Å². The van der Waals surface area contributed by atoms with E-state index in [0.717, 1.165) is 12.6 Å². The van der Waals surface area contributed by atoms with Crippen LogP contribution in [0.1, 0.15) is 31.5 Å². The van der Waals surface area contributed by atoms with Gasteiger partial charge in [0.2, 0.25) is 0 Å². The minimum absolute atomic E-state index is 0.746. The van der Waals surface area contributed by atoms with Crippen LogP contribution >= 0.6 is 0 Å². The summed E-state index contributed by atoms with van der Waals surface area (Å²) < 4.78 is 0. The Bertz CT molecular complexity index is 251. The van der Waals surface area contributed by atoms with Crippen molar-refractivity contribution in [1.82, 2.24) is 9.88 Å². The molecule has 1 aromatic heterocycles. The number of hydrogen-bond donors (Lipinski definition) is 1. The first kappa shape index (κ1) is 8.82. The average Bonchev–Trinajstić information content (AvgIpc) is 2.62. The molecule has 0 saturated carbocycles. The lowest BCUT2D eigenvalue weighted by Gasteiger charge is -2.34. The number of aromatic amines is 1. The van der Waals surface area contributed by atoms with Gasteiger partial charge < -0.3 is 4.98 Å². The number of hydrogen-bond acceptors (Lipinski definition) is 1. The maximum Gasteiger partial charge on any atom is 0.0254 e. The van der Waals surface area contributed by atoms with E-state index in [1.165, 1.54) is 30.6 Å². The van der Waals surface area contributed by atoms with Gasteiger partial charge in [-0.1, -0.05) is 13.8 Å². The molecule has 2 nitrogen and oxygen atoms in total. The smallest absolute Gasteiger partial charge is 0.0254 e. The predicted octanol–water partition coefficient (Wildman–Crippen LogP) is 2.17. The molecule has 1 atom stereocenters. The van der Waals surface area contributed by atoms with Crippen LogP contribution < -0.4 is 0 Å². The molecule has 0 aromatic carbocycles. The van der Waals surface area contributed by atoms with Gasteiger partial charge in [0, 0.05) is 30.9 Å². The van der Waals surface area contributed by atoms with Gasteiger partial charge in [0.1, 0.15) is 0 Å². The lowest BCUT2D eigenvalue weighted by molar-refractivity contribution is 0.175. The molecule has 2 heteroatoms. The highest BCUT2D eigenvalue weighted by Gasteiger charge is 2.23. The molecule has 72 valence electrons. The first-order chi connectivity index (χ1) is 6.35. The summed E-state index contributed by atoms with van der Waals surface area (Å²) in [5, 5.41) is 0. The van der Waals surface area contributed by atoms with E-state index >= 15 is 0 Å². The van der Waals surface area contributed by atoms with Crippen molar-refractivity contribution in [2.45, 2.75) is 39.3 Å². The van der Waals surface area contributed by atoms with E-state index in [4.69, 9.17) is 0 Å². The van der Waals surface area contributed by atoms with Crippen molar-refractivity contribution < 1.29 is 0 Å². The number of H-pyrrole nitrogens is 1. The molecule has 1 aromatic rings. The first-order valence-corrected chi connectivity index (χ1v) is 5.24. The lowest BCUT2D eigenvalue weighted by Crippen LogP contribution is -2.39. The van der Waals surface area contributed by atoms with Crippen LogP contribution in [0.15, 0.2) is 12.3 Å². The van der Waals surface area contributed by atoms with Gasteiger partial charge in [-0.25, -0.2) is 0 Å². The minimum atomic E-state index is 0.746. The molecular formula is C11H18N2. The van der Waals surface area contributed by atoms with Crippen molar-refractivity contribution in [2.75, 3.05) is 6.54 Å². The zero-order chi connectivity index (χ0) is 9.26. The van der Waals surface area contributed by atoms with Crippen LogP contribution in [0.3, 0.4) is 0 Å². The fourth-order valence-corrected chi connectivity index (χ4v) is 2.26. The Morgan fingerprint density at radius 3 is 3.08 bits per heavy atom. The Morgan fingerprint density at radius 2 is 2.38 bits per heavy atom. The zero-order valence-electron chi connectivity index (χ0n) is 8.51. The number of rotatable bonds is 2. The largest absolute Gasteiger partial charge is 0.365 e. The molecule has 2 heterocycles. The van der Waals surface area contributed by atoms with E-state index in [-0.39, 0.29) is 0 Å². The summed E-state index contributed by atoms with van der Waals surface area (Å²) in [6, 6.07) is 2.96. The predicted molar refractivity (Wildman–Crippen MR) is 54.7 cm³/mol. The summed E-state index contributed by atoms with van der Waals surface area (Å²) in [6.07, 6.45) is 4.52. The first-order valence-electron chi connectivity index (χ1n) is 5.24. The second kappa shape index (κ2) is 3.54. The molecule has 2 rings (SSSR count). The SMILES string of the molecule is CCC1Cc2[nH]ccc2CN1CC. The van der Waals surface area contributed by atoms with E-state index in [9.17, 15) is 0 Å². The van der Waals surface area contributed by atoms with Crippen molar-refractivity contribution in [2.24, 2.45) is 0 Å². The van der Waals surface area contributed by atoms with E-state index in [1.54, 1.807) is 0 Å². The number of nitrogens with one attached hydrogen (secondary N) is 1. The molecule has 0 fully saturated rings. The van der Waals surface area contributed by atoms with Gasteiger partial charge in [0.05, 0.1) is 0 Å². The van der Waals surface area contributed by atoms with Crippen LogP contribution in [0.5, 0.6) is 0 Å². The molecule has 0 bridgehead atoms. The molecule has 1 aliphatic heterocycles. The van der Waals surface area contributed by atoms with Gasteiger partial charge in [-0.3, -0.25) is 4.90 Å². The molecule has 13 heavy (non-hydrogen) atoms. The fourth-order valence-electron chi connectivity index (χ4n) is 2.26. The molecule has 1 N–H and O–H groups in total. The van der Waals surface area contributed by atoms with Crippen molar-refractivity contribution in [3.8, 4) is 0 Å². The summed E-state index contributed by atoms with van der Waals surface area (Å²) in [6.45, 7) is 6.83. The van der Waals surface area contributed by atoms with Crippen molar-refractivity contribution in [3.05, 3.63) is 23.5 Å². The number of aromatic nitrogens is 1. The highest BCUT2D eigenvalue weighted by atomic mass is 15.2. The standard InChI is InChI=1S/C11H18N2/c1-3-10-7-11-9(5-6-12-11)8-13(10)4-2/h5-6,10,12H,3-4,7-8H2,1-2H3. The molecule has 1 aliphatic rings. The third-order valence-corrected chi connectivity index (χ3v) is 3.14. The van der Waals surface area contributed by atoms with Gasteiger partial charge in [-0.15, -0.1) is 0 Å². The minimum Gasteiger partial charge on any atom is -0.365 e. The highest BCUT2D eigenvalue weighted by molar-refractivity contribution is 5.24. The Labute approximate surface area is 79.9 Å². The monoisotopic (exact) mass is 178 g/mol. The second-order valence-electron chi connectivity index (χ2n) is 3.81. The van der Waals surface area contributed by atoms with Crippen LogP contribution in [0.4, 0.5) is 0 Å². The van der Waals surface area contributed by atoms with Crippen LogP contribution in [0.25, 0.3) is 0 Å². The number of nitrogens with zero attached hydrogens (tertiary/aromatic N) is 1. The average molecular weight is 178 g/mol. The Morgan fingerprint density at radius 1 is 1.54 bits per heavy atom. The second-order valence-corrected chi connectivity index (χ2v) is 3.81. The Kier molecular flexibility index (Phi) is 2.40. The third-order valence-electron chi connectivity index (χ3n) is 3.14. The molecule has 0 spiro atoms. The maximum atomic E-state index is 3.34. The van der Waals surface area contributed by atoms with Crippen molar-refractivity contribution in [1.29, 1.82) is 0 Å². The van der Waals surface area contributed by atoms with E-state index in [0.29, 0.717) is 0 Å². The quantitative estimate of drug-likeness (QED) is 0.735. The van der Waals surface area contributed by atoms with Gasteiger partial charge in [-0.2, -0.15) is 0 Å². The van der Waals surface area contributed by atoms with Crippen molar-refractivity contribution in [3.63, 3.8) is 0 Å². The van der Waals surface area contributed by atoms with Crippen LogP contribution in [-0.2, 0) is 13.0 Å². The van der Waals surface area contributed by atoms with Gasteiger partial charge in [0.25, 0.3) is 0 Å². The molecule has 0 saturated heterocycles. The van der Waals surface area contributed by atoms with Gasteiger partial charge in [0.15, 0.2) is 0 Å². The zero-order valence-corrected chi connectivity index (χ0v) is 8.51. The van der Waals surface area contributed by atoms with Gasteiger partial charge >= 0.3 is 0 Å². The number of fused-ring (bicyclic) bond motifs is 1. The normalized spacial score (nSPS) is 23.1. The van der Waals surface area contributed by atoms with Crippen molar-refractivity contribution >= 4 is 0 Å². The molecule has 0 amide bonds. The summed E-state index contributed by atoms with van der Waals surface area (Å²) in [4.78, 5) is 5.91. The maximum absolute atomic E-state index is 3.34. The van der Waals surface area contributed by atoms with Gasteiger partial charge in [-0.05, 0) is 24.6 Å². The lowest BCUT2D eigenvalue weighted by atomic mass is 9.99. The molecule has 0 aliphatic carbocycles. The van der Waals surface area contributed by atoms with E-state index in [1.807, 2.05) is 0 Å². The van der Waals surface area contributed by atoms with Crippen LogP contribution in [0, 0.1) is 0 Å². The summed E-state index contributed by atoms with van der Waals surface area (Å²) >= 11 is 0. The topological polar surface area (TPSA) is 19.0 Å². The highest BCUT2D eigenvalue weighted by Crippen LogP contribution is 2.23. The third kappa shape index (κ3) is 1.51. The fraction of sp³-hybridized carbons (Fsp3) is 0.636. The summed E-state index contributed by atoms with van der Waals surface area (Å²) in [5.41, 5.74) is 2.95. The van der Waals surface area contributed by atoms with E-state index in [2.05, 4.69) is 36.0 Å². The molecular weight excluding hydrogens is 160 g/mol. The van der Waals surface area contributed by atoms with E-state index < -0.39 is 0 Å². The Hall–Kier alpha value is -0.760. The summed E-state index contributed by atoms with van der Waals surface area (Å²) in [7, 11) is 0. The van der Waals surface area contributed by atoms with Crippen LogP contribution in [0.2, 0.25) is 0 Å². The Balaban J connectivity index is 2.20. The summed E-state index contributed by atoms with van der Waals surface area (Å²) in [5.74, 6) is 0. The number of likely N-dealkylation sites (N-methyl/N-ethyl adjacent to an activating group) is 1. The molecule has 1 unspecified atom stereocenters. The molecule has 0 radical (unpaired) electrons.